The summed E-state index contributed by atoms with van der Waals surface area (Å²) in [4.78, 5) is 67.7. The van der Waals surface area contributed by atoms with Crippen molar-refractivity contribution in [2.45, 2.75) is 58.3 Å². The van der Waals surface area contributed by atoms with Crippen LogP contribution in [0.5, 0.6) is 5.75 Å². The third-order valence-corrected chi connectivity index (χ3v) is 8.64. The summed E-state index contributed by atoms with van der Waals surface area (Å²) >= 11 is 0. The maximum atomic E-state index is 15.3. The van der Waals surface area contributed by atoms with Crippen LogP contribution in [0.15, 0.2) is 72.8 Å². The summed E-state index contributed by atoms with van der Waals surface area (Å²) in [5, 5.41) is 7.73. The number of hydrogen-bond donors (Lipinski definition) is 3. The quantitative estimate of drug-likeness (QED) is 0.152. The molecule has 1 saturated heterocycles. The number of rotatable bonds is 19. The largest absolute Gasteiger partial charge is 0.489 e. The Bertz CT molecular complexity index is 1740. The highest BCUT2D eigenvalue weighted by molar-refractivity contribution is 5.96. The molecule has 3 N–H and O–H groups in total. The van der Waals surface area contributed by atoms with E-state index in [2.05, 4.69) is 20.9 Å². The summed E-state index contributed by atoms with van der Waals surface area (Å²) < 4.78 is 51.1. The van der Waals surface area contributed by atoms with Crippen LogP contribution in [-0.4, -0.2) is 98.7 Å². The number of nitrogens with zero attached hydrogens (tertiary/aromatic N) is 1. The molecule has 0 spiro atoms. The molecule has 55 heavy (non-hydrogen) atoms. The second-order valence-corrected chi connectivity index (χ2v) is 13.4. The van der Waals surface area contributed by atoms with Crippen molar-refractivity contribution in [3.8, 4) is 5.75 Å². The van der Waals surface area contributed by atoms with Crippen LogP contribution in [0.2, 0.25) is 0 Å². The first kappa shape index (κ1) is 42.3. The summed E-state index contributed by atoms with van der Waals surface area (Å²) in [7, 11) is 0. The lowest BCUT2D eigenvalue weighted by Gasteiger charge is -2.26. The fourth-order valence-electron chi connectivity index (χ4n) is 5.63. The van der Waals surface area contributed by atoms with Crippen molar-refractivity contribution >= 4 is 29.7 Å². The van der Waals surface area contributed by atoms with E-state index in [1.165, 1.54) is 6.92 Å². The van der Waals surface area contributed by atoms with E-state index in [-0.39, 0.29) is 37.7 Å². The van der Waals surface area contributed by atoms with Crippen molar-refractivity contribution in [1.29, 1.82) is 0 Å². The second kappa shape index (κ2) is 21.5. The molecule has 0 bridgehead atoms. The van der Waals surface area contributed by atoms with Crippen LogP contribution in [0.4, 0.5) is 13.6 Å². The van der Waals surface area contributed by atoms with Gasteiger partial charge >= 0.3 is 12.1 Å². The number of carbonyl (C=O) groups excluding carboxylic acids is 5. The number of alkyl carbamates (subject to hydrolysis) is 1. The smallest absolute Gasteiger partial charge is 0.408 e. The standard InChI is InChI=1S/C40H48F2N4O9/c1-26(2)22-32(45-37(48)27(3)43-40(51)55-24-29-12-8-5-9-13-29)38(49)44-31(23-28-10-6-4-7-11-28)33(47)25-54-39(50)35-30(41)14-15-34(36(35)42)53-21-18-46-16-19-52-20-17-46/h4-15,26-27,31-32H,16-25H2,1-3H3,(H,43,51)(H,44,49)(H,45,48)/t27-,31+,32+/m1/s1. The van der Waals surface area contributed by atoms with Crippen LogP contribution in [-0.2, 0) is 41.6 Å². The van der Waals surface area contributed by atoms with Gasteiger partial charge in [0.25, 0.3) is 0 Å². The van der Waals surface area contributed by atoms with Crippen molar-refractivity contribution < 1.29 is 51.7 Å². The first-order chi connectivity index (χ1) is 26.4. The third kappa shape index (κ3) is 13.7. The number of hydrogen-bond acceptors (Lipinski definition) is 10. The van der Waals surface area contributed by atoms with Crippen LogP contribution in [0.3, 0.4) is 0 Å². The van der Waals surface area contributed by atoms with Gasteiger partial charge in [-0.2, -0.15) is 0 Å². The van der Waals surface area contributed by atoms with E-state index in [4.69, 9.17) is 18.9 Å². The van der Waals surface area contributed by atoms with Gasteiger partial charge in [0.15, 0.2) is 24.0 Å². The Kier molecular flexibility index (Phi) is 16.5. The molecule has 296 valence electrons. The lowest BCUT2D eigenvalue weighted by atomic mass is 9.99. The molecule has 1 aliphatic heterocycles. The Labute approximate surface area is 319 Å². The summed E-state index contributed by atoms with van der Waals surface area (Å²) in [6.45, 7) is 7.21. The van der Waals surface area contributed by atoms with Gasteiger partial charge in [-0.1, -0.05) is 74.5 Å². The topological polar surface area (TPSA) is 162 Å². The van der Waals surface area contributed by atoms with Gasteiger partial charge in [0.2, 0.25) is 11.8 Å². The minimum absolute atomic E-state index is 0.00799. The second-order valence-electron chi connectivity index (χ2n) is 13.4. The van der Waals surface area contributed by atoms with Crippen LogP contribution in [0, 0.1) is 17.6 Å². The van der Waals surface area contributed by atoms with Crippen molar-refractivity contribution in [2.75, 3.05) is 46.1 Å². The zero-order chi connectivity index (χ0) is 39.7. The van der Waals surface area contributed by atoms with Crippen molar-refractivity contribution in [2.24, 2.45) is 5.92 Å². The Balaban J connectivity index is 1.39. The number of ether oxygens (including phenoxy) is 4. The summed E-state index contributed by atoms with van der Waals surface area (Å²) in [6.07, 6.45) is -0.679. The van der Waals surface area contributed by atoms with Crippen LogP contribution < -0.4 is 20.7 Å². The van der Waals surface area contributed by atoms with E-state index in [9.17, 15) is 28.4 Å². The SMILES string of the molecule is CC(C)C[C@H](NC(=O)[C@@H](C)NC(=O)OCc1ccccc1)C(=O)N[C@@H](Cc1ccccc1)C(=O)COC(=O)c1c(F)ccc(OCCN2CCOCC2)c1F. The van der Waals surface area contributed by atoms with E-state index in [0.717, 1.165) is 17.7 Å². The molecule has 0 saturated carbocycles. The van der Waals surface area contributed by atoms with Crippen molar-refractivity contribution in [3.63, 3.8) is 0 Å². The summed E-state index contributed by atoms with van der Waals surface area (Å²) in [5.74, 6) is -6.49. The molecule has 0 radical (unpaired) electrons. The molecule has 1 fully saturated rings. The minimum atomic E-state index is -1.43. The fraction of sp³-hybridized carbons (Fsp3) is 0.425. The molecule has 4 rings (SSSR count). The first-order valence-corrected chi connectivity index (χ1v) is 18.1. The van der Waals surface area contributed by atoms with Gasteiger partial charge in [0, 0.05) is 19.6 Å². The summed E-state index contributed by atoms with van der Waals surface area (Å²) in [5.41, 5.74) is 0.390. The number of halogens is 2. The highest BCUT2D eigenvalue weighted by Gasteiger charge is 2.31. The van der Waals surface area contributed by atoms with E-state index >= 15 is 4.39 Å². The highest BCUT2D eigenvalue weighted by atomic mass is 19.1. The van der Waals surface area contributed by atoms with E-state index in [1.54, 1.807) is 54.6 Å². The molecule has 0 aliphatic carbocycles. The number of amides is 3. The average Bonchev–Trinajstić information content (AvgIpc) is 3.17. The maximum absolute atomic E-state index is 15.3. The number of nitrogens with one attached hydrogen (secondary N) is 3. The molecule has 0 unspecified atom stereocenters. The predicted octanol–water partition coefficient (Wildman–Crippen LogP) is 3.98. The van der Waals surface area contributed by atoms with Gasteiger partial charge in [0.1, 0.15) is 36.7 Å². The van der Waals surface area contributed by atoms with Crippen molar-refractivity contribution in [1.82, 2.24) is 20.9 Å². The van der Waals surface area contributed by atoms with Crippen LogP contribution in [0.25, 0.3) is 0 Å². The van der Waals surface area contributed by atoms with Crippen molar-refractivity contribution in [3.05, 3.63) is 101 Å². The predicted molar refractivity (Wildman–Crippen MR) is 197 cm³/mol. The van der Waals surface area contributed by atoms with E-state index in [0.29, 0.717) is 38.4 Å². The molecular weight excluding hydrogens is 718 g/mol. The van der Waals surface area contributed by atoms with Crippen LogP contribution >= 0.6 is 0 Å². The van der Waals surface area contributed by atoms with Gasteiger partial charge in [-0.25, -0.2) is 18.4 Å². The number of ketones is 1. The number of Topliss-reactive ketones (excluding diaryl/α,β-unsaturated/α-hetero) is 1. The lowest BCUT2D eigenvalue weighted by molar-refractivity contribution is -0.133. The molecule has 0 aromatic heterocycles. The Hall–Kier alpha value is -5.41. The molecule has 1 heterocycles. The summed E-state index contributed by atoms with van der Waals surface area (Å²) in [6, 6.07) is 16.1. The molecule has 3 aromatic carbocycles. The first-order valence-electron chi connectivity index (χ1n) is 18.1. The number of esters is 1. The zero-order valence-electron chi connectivity index (χ0n) is 31.2. The Morgan fingerprint density at radius 2 is 1.42 bits per heavy atom. The Morgan fingerprint density at radius 1 is 0.782 bits per heavy atom. The van der Waals surface area contributed by atoms with Gasteiger partial charge in [-0.05, 0) is 48.9 Å². The van der Waals surface area contributed by atoms with E-state index in [1.807, 2.05) is 19.9 Å². The molecule has 1 aliphatic rings. The molecule has 3 aromatic rings. The van der Waals surface area contributed by atoms with Gasteiger partial charge in [-0.3, -0.25) is 19.3 Å². The average molecular weight is 767 g/mol. The molecule has 3 amide bonds. The molecule has 13 nitrogen and oxygen atoms in total. The monoisotopic (exact) mass is 766 g/mol. The zero-order valence-corrected chi connectivity index (χ0v) is 31.2. The number of carbonyl (C=O) groups is 5. The molecule has 15 heteroatoms. The number of morpholine rings is 1. The molecule has 3 atom stereocenters. The normalized spacial score (nSPS) is 14.6. The fourth-order valence-corrected chi connectivity index (χ4v) is 5.63. The number of benzene rings is 3. The third-order valence-electron chi connectivity index (χ3n) is 8.64. The highest BCUT2D eigenvalue weighted by Crippen LogP contribution is 2.24. The van der Waals surface area contributed by atoms with E-state index < -0.39 is 71.6 Å². The van der Waals surface area contributed by atoms with Gasteiger partial charge in [-0.15, -0.1) is 0 Å². The maximum Gasteiger partial charge on any atom is 0.408 e. The lowest BCUT2D eigenvalue weighted by Crippen LogP contribution is -2.56. The minimum Gasteiger partial charge on any atom is -0.489 e. The van der Waals surface area contributed by atoms with Crippen LogP contribution in [0.1, 0.15) is 48.7 Å². The molecular formula is C40H48F2N4O9. The Morgan fingerprint density at radius 3 is 2.07 bits per heavy atom. The van der Waals surface area contributed by atoms with Gasteiger partial charge < -0.3 is 34.9 Å². The van der Waals surface area contributed by atoms with Gasteiger partial charge in [0.05, 0.1) is 19.3 Å².